The second-order valence-corrected chi connectivity index (χ2v) is 12.6. The van der Waals surface area contributed by atoms with Gasteiger partial charge in [0.15, 0.2) is 0 Å². The fraction of sp³-hybridized carbons (Fsp3) is 0.500. The van der Waals surface area contributed by atoms with Gasteiger partial charge in [0, 0.05) is 16.2 Å². The number of hydrogen-bond donors (Lipinski definition) is 0. The molecule has 0 saturated carbocycles. The lowest BCUT2D eigenvalue weighted by molar-refractivity contribution is -0.117. The predicted molar refractivity (Wildman–Crippen MR) is 79.3 cm³/mol. The van der Waals surface area contributed by atoms with E-state index in [2.05, 4.69) is 43.9 Å². The normalized spacial score (nSPS) is 13.4. The van der Waals surface area contributed by atoms with Gasteiger partial charge in [-0.3, -0.25) is 0 Å². The summed E-state index contributed by atoms with van der Waals surface area (Å²) >= 11 is 1.95. The molecule has 1 aromatic carbocycles. The minimum absolute atomic E-state index is 0.307. The van der Waals surface area contributed by atoms with E-state index in [1.54, 1.807) is 6.92 Å². The number of carbonyl (C=O) groups is 1. The van der Waals surface area contributed by atoms with Gasteiger partial charge in [-0.15, -0.1) is 11.8 Å². The summed E-state index contributed by atoms with van der Waals surface area (Å²) in [6, 6.07) is 10.5. The average Bonchev–Trinajstić information content (AvgIpc) is 2.23. The number of carbonyl (C=O) groups excluding carboxylic acids is 1. The zero-order valence-electron chi connectivity index (χ0n) is 11.2. The molecule has 17 heavy (non-hydrogen) atoms. The Labute approximate surface area is 110 Å². The highest BCUT2D eigenvalue weighted by Gasteiger charge is 2.27. The number of Topliss-reactive ketones (excluding diaryl/α,β-unsaturated/α-hetero) is 1. The minimum atomic E-state index is -1.23. The predicted octanol–water partition coefficient (Wildman–Crippen LogP) is 4.39. The highest BCUT2D eigenvalue weighted by atomic mass is 32.2. The molecular weight excluding hydrogens is 244 g/mol. The van der Waals surface area contributed by atoms with E-state index in [0.29, 0.717) is 10.7 Å². The topological polar surface area (TPSA) is 17.1 Å². The van der Waals surface area contributed by atoms with Gasteiger partial charge >= 0.3 is 0 Å². The van der Waals surface area contributed by atoms with Crippen LogP contribution in [0.2, 0.25) is 19.6 Å². The molecule has 0 radical (unpaired) electrons. The van der Waals surface area contributed by atoms with Crippen LogP contribution in [0, 0.1) is 0 Å². The van der Waals surface area contributed by atoms with Gasteiger partial charge in [-0.05, 0) is 25.5 Å². The molecule has 0 N–H and O–H groups in total. The number of rotatable bonds is 6. The van der Waals surface area contributed by atoms with Gasteiger partial charge in [-0.25, -0.2) is 0 Å². The van der Waals surface area contributed by atoms with Crippen molar-refractivity contribution >= 4 is 25.6 Å². The third-order valence-corrected chi connectivity index (χ3v) is 8.51. The molecule has 0 bridgehead atoms. The lowest BCUT2D eigenvalue weighted by Crippen LogP contribution is -2.36. The Kier molecular flexibility index (Phi) is 5.47. The summed E-state index contributed by atoms with van der Waals surface area (Å²) in [7, 11) is -1.23. The maximum absolute atomic E-state index is 11.1. The Balaban J connectivity index is 2.68. The summed E-state index contributed by atoms with van der Waals surface area (Å²) < 4.78 is 0. The average molecular weight is 266 g/mol. The van der Waals surface area contributed by atoms with Crippen LogP contribution in [0.4, 0.5) is 0 Å². The first-order valence-electron chi connectivity index (χ1n) is 6.11. The first kappa shape index (κ1) is 14.5. The summed E-state index contributed by atoms with van der Waals surface area (Å²) in [5.41, 5.74) is 0. The first-order chi connectivity index (χ1) is 7.89. The molecule has 0 aromatic heterocycles. The van der Waals surface area contributed by atoms with E-state index in [1.807, 2.05) is 17.8 Å². The Morgan fingerprint density at radius 2 is 1.82 bits per heavy atom. The fourth-order valence-electron chi connectivity index (χ4n) is 1.67. The Morgan fingerprint density at radius 3 is 2.29 bits per heavy atom. The quantitative estimate of drug-likeness (QED) is 0.561. The van der Waals surface area contributed by atoms with Crippen LogP contribution in [0.15, 0.2) is 35.2 Å². The summed E-state index contributed by atoms with van der Waals surface area (Å²) in [6.07, 6.45) is 1.74. The van der Waals surface area contributed by atoms with E-state index in [0.717, 1.165) is 12.8 Å². The van der Waals surface area contributed by atoms with E-state index in [9.17, 15) is 4.79 Å². The SMILES string of the molecule is CC(=O)CCC(Sc1ccccc1)[Si](C)(C)C. The van der Waals surface area contributed by atoms with Crippen LogP contribution in [0.5, 0.6) is 0 Å². The molecule has 0 amide bonds. The van der Waals surface area contributed by atoms with Gasteiger partial charge in [-0.2, -0.15) is 0 Å². The van der Waals surface area contributed by atoms with Crippen LogP contribution in [0.25, 0.3) is 0 Å². The zero-order chi connectivity index (χ0) is 12.9. The standard InChI is InChI=1S/C14H22OSSi/c1-12(15)10-11-14(17(2,3)4)16-13-8-6-5-7-9-13/h5-9,14H,10-11H2,1-4H3. The molecule has 0 aliphatic heterocycles. The van der Waals surface area contributed by atoms with E-state index in [1.165, 1.54) is 4.90 Å². The van der Waals surface area contributed by atoms with Gasteiger partial charge < -0.3 is 4.79 Å². The molecule has 1 aromatic rings. The van der Waals surface area contributed by atoms with Crippen molar-refractivity contribution in [2.45, 2.75) is 49.2 Å². The van der Waals surface area contributed by atoms with Gasteiger partial charge in [-0.1, -0.05) is 37.8 Å². The summed E-state index contributed by atoms with van der Waals surface area (Å²) in [5.74, 6) is 0.307. The molecule has 0 aliphatic carbocycles. The number of thioether (sulfide) groups is 1. The smallest absolute Gasteiger partial charge is 0.129 e. The van der Waals surface area contributed by atoms with E-state index in [4.69, 9.17) is 0 Å². The highest BCUT2D eigenvalue weighted by Crippen LogP contribution is 2.32. The van der Waals surface area contributed by atoms with Gasteiger partial charge in [0.2, 0.25) is 0 Å². The maximum Gasteiger partial charge on any atom is 0.129 e. The van der Waals surface area contributed by atoms with Crippen LogP contribution in [-0.2, 0) is 4.79 Å². The van der Waals surface area contributed by atoms with Crippen LogP contribution >= 0.6 is 11.8 Å². The molecule has 1 atom stereocenters. The van der Waals surface area contributed by atoms with Crippen molar-refractivity contribution in [1.29, 1.82) is 0 Å². The number of hydrogen-bond acceptors (Lipinski definition) is 2. The van der Waals surface area contributed by atoms with Crippen molar-refractivity contribution in [2.75, 3.05) is 0 Å². The lowest BCUT2D eigenvalue weighted by Gasteiger charge is -2.28. The number of benzene rings is 1. The highest BCUT2D eigenvalue weighted by molar-refractivity contribution is 8.01. The molecule has 0 spiro atoms. The monoisotopic (exact) mass is 266 g/mol. The minimum Gasteiger partial charge on any atom is -0.300 e. The van der Waals surface area contributed by atoms with E-state index in [-0.39, 0.29) is 0 Å². The third-order valence-electron chi connectivity index (χ3n) is 2.75. The first-order valence-corrected chi connectivity index (χ1v) is 10.6. The molecule has 0 fully saturated rings. The van der Waals surface area contributed by atoms with Crippen LogP contribution < -0.4 is 0 Å². The fourth-order valence-corrected chi connectivity index (χ4v) is 5.38. The molecular formula is C14H22OSSi. The zero-order valence-corrected chi connectivity index (χ0v) is 13.0. The molecule has 94 valence electrons. The summed E-state index contributed by atoms with van der Waals surface area (Å²) in [6.45, 7) is 8.84. The van der Waals surface area contributed by atoms with Gasteiger partial charge in [0.05, 0.1) is 8.07 Å². The van der Waals surface area contributed by atoms with Crippen LogP contribution in [0.1, 0.15) is 19.8 Å². The second kappa shape index (κ2) is 6.41. The van der Waals surface area contributed by atoms with Crippen LogP contribution in [0.3, 0.4) is 0 Å². The third kappa shape index (κ3) is 5.55. The molecule has 0 saturated heterocycles. The van der Waals surface area contributed by atoms with E-state index < -0.39 is 8.07 Å². The summed E-state index contributed by atoms with van der Waals surface area (Å²) in [4.78, 5) is 13.1. The molecule has 1 rings (SSSR count). The molecule has 1 nitrogen and oxygen atoms in total. The molecule has 0 heterocycles. The van der Waals surface area contributed by atoms with Gasteiger partial charge in [0.25, 0.3) is 0 Å². The van der Waals surface area contributed by atoms with Crippen molar-refractivity contribution in [2.24, 2.45) is 0 Å². The largest absolute Gasteiger partial charge is 0.300 e. The van der Waals surface area contributed by atoms with Crippen molar-refractivity contribution in [3.8, 4) is 0 Å². The van der Waals surface area contributed by atoms with E-state index >= 15 is 0 Å². The Bertz CT molecular complexity index is 356. The summed E-state index contributed by atoms with van der Waals surface area (Å²) in [5, 5.41) is 0. The second-order valence-electron chi connectivity index (χ2n) is 5.53. The lowest BCUT2D eigenvalue weighted by atomic mass is 10.2. The Morgan fingerprint density at radius 1 is 1.24 bits per heavy atom. The number of ketones is 1. The Hall–Kier alpha value is -0.543. The van der Waals surface area contributed by atoms with Crippen molar-refractivity contribution < 1.29 is 4.79 Å². The van der Waals surface area contributed by atoms with Crippen molar-refractivity contribution in [1.82, 2.24) is 0 Å². The van der Waals surface area contributed by atoms with Crippen molar-refractivity contribution in [3.63, 3.8) is 0 Å². The molecule has 3 heteroatoms. The van der Waals surface area contributed by atoms with Crippen LogP contribution in [-0.4, -0.2) is 18.7 Å². The van der Waals surface area contributed by atoms with Crippen molar-refractivity contribution in [3.05, 3.63) is 30.3 Å². The molecule has 0 aliphatic rings. The molecule has 1 unspecified atom stereocenters. The maximum atomic E-state index is 11.1. The van der Waals surface area contributed by atoms with Gasteiger partial charge in [0.1, 0.15) is 5.78 Å².